The van der Waals surface area contributed by atoms with E-state index in [4.69, 9.17) is 9.47 Å². The van der Waals surface area contributed by atoms with Crippen molar-refractivity contribution in [3.05, 3.63) is 0 Å². The van der Waals surface area contributed by atoms with Crippen LogP contribution in [0.4, 0.5) is 0 Å². The molecule has 0 radical (unpaired) electrons. The molecular formula is C6H13KO3. The molecule has 0 spiro atoms. The molecule has 0 heterocycles. The molecule has 0 aliphatic heterocycles. The third kappa shape index (κ3) is 9.52. The Labute approximate surface area is 105 Å². The molecule has 0 rings (SSSR count). The van der Waals surface area contributed by atoms with Crippen molar-refractivity contribution in [2.24, 2.45) is 0 Å². The van der Waals surface area contributed by atoms with E-state index in [-0.39, 0.29) is 57.7 Å². The predicted molar refractivity (Wildman–Crippen MR) is 31.6 cm³/mol. The van der Waals surface area contributed by atoms with Crippen LogP contribution in [0.15, 0.2) is 0 Å². The summed E-state index contributed by atoms with van der Waals surface area (Å²) in [5.41, 5.74) is 0. The normalized spacial score (nSPS) is 15.6. The van der Waals surface area contributed by atoms with E-state index in [0.29, 0.717) is 6.61 Å². The van der Waals surface area contributed by atoms with Gasteiger partial charge >= 0.3 is 51.4 Å². The Bertz CT molecular complexity index is 68.0. The largest absolute Gasteiger partial charge is 1.00 e. The van der Waals surface area contributed by atoms with Crippen molar-refractivity contribution < 1.29 is 66.0 Å². The van der Waals surface area contributed by atoms with Crippen molar-refractivity contribution in [3.63, 3.8) is 0 Å². The Morgan fingerprint density at radius 3 is 2.20 bits per heavy atom. The minimum absolute atomic E-state index is 0. The molecule has 0 amide bonds. The third-order valence-electron chi connectivity index (χ3n) is 0.785. The summed E-state index contributed by atoms with van der Waals surface area (Å²) < 4.78 is 9.64. The van der Waals surface area contributed by atoms with E-state index < -0.39 is 6.29 Å². The molecule has 10 heavy (non-hydrogen) atoms. The Morgan fingerprint density at radius 1 is 1.40 bits per heavy atom. The van der Waals surface area contributed by atoms with Gasteiger partial charge < -0.3 is 14.6 Å². The van der Waals surface area contributed by atoms with E-state index in [2.05, 4.69) is 0 Å². The van der Waals surface area contributed by atoms with Crippen molar-refractivity contribution in [1.82, 2.24) is 0 Å². The SMILES string of the molecule is CCOC(C)OC(C)[O-].[K+]. The molecule has 2 unspecified atom stereocenters. The summed E-state index contributed by atoms with van der Waals surface area (Å²) in [5, 5.41) is 10.3. The standard InChI is InChI=1S/C6H13O3.K/c1-4-8-6(3)9-5(2)7;/h5-6H,4H2,1-3H3;/q-1;+1. The Balaban J connectivity index is 0. The van der Waals surface area contributed by atoms with Crippen molar-refractivity contribution >= 4 is 0 Å². The fourth-order valence-electron chi connectivity index (χ4n) is 0.544. The molecule has 0 N–H and O–H groups in total. The zero-order chi connectivity index (χ0) is 7.28. The van der Waals surface area contributed by atoms with Gasteiger partial charge in [0.1, 0.15) is 0 Å². The topological polar surface area (TPSA) is 41.5 Å². The van der Waals surface area contributed by atoms with Crippen LogP contribution < -0.4 is 56.5 Å². The van der Waals surface area contributed by atoms with Crippen LogP contribution >= 0.6 is 0 Å². The smallest absolute Gasteiger partial charge is 0.831 e. The Morgan fingerprint density at radius 2 is 1.90 bits per heavy atom. The Hall–Kier alpha value is 1.52. The quantitative estimate of drug-likeness (QED) is 0.337. The summed E-state index contributed by atoms with van der Waals surface area (Å²) in [6.07, 6.45) is -1.37. The van der Waals surface area contributed by atoms with Crippen molar-refractivity contribution in [2.75, 3.05) is 6.61 Å². The number of ether oxygens (including phenoxy) is 2. The molecule has 0 aliphatic rings. The van der Waals surface area contributed by atoms with E-state index in [1.807, 2.05) is 6.92 Å². The molecule has 2 atom stereocenters. The van der Waals surface area contributed by atoms with Gasteiger partial charge in [-0.25, -0.2) is 0 Å². The van der Waals surface area contributed by atoms with E-state index in [1.54, 1.807) is 6.92 Å². The van der Waals surface area contributed by atoms with Crippen LogP contribution in [0.2, 0.25) is 0 Å². The number of hydrogen-bond donors (Lipinski definition) is 0. The van der Waals surface area contributed by atoms with Crippen LogP contribution in [-0.4, -0.2) is 19.2 Å². The van der Waals surface area contributed by atoms with Crippen LogP contribution in [0.5, 0.6) is 0 Å². The maximum Gasteiger partial charge on any atom is 1.00 e. The fraction of sp³-hybridized carbons (Fsp3) is 1.00. The first kappa shape index (κ1) is 14.1. The summed E-state index contributed by atoms with van der Waals surface area (Å²) in [5.74, 6) is 0. The summed E-state index contributed by atoms with van der Waals surface area (Å²) >= 11 is 0. The van der Waals surface area contributed by atoms with Gasteiger partial charge in [-0.3, -0.25) is 0 Å². The van der Waals surface area contributed by atoms with Gasteiger partial charge in [0, 0.05) is 6.61 Å². The molecule has 3 nitrogen and oxygen atoms in total. The molecule has 0 aromatic heterocycles. The van der Waals surface area contributed by atoms with E-state index in [0.717, 1.165) is 0 Å². The van der Waals surface area contributed by atoms with Gasteiger partial charge in [0.15, 0.2) is 6.29 Å². The van der Waals surface area contributed by atoms with E-state index in [1.165, 1.54) is 6.92 Å². The average Bonchev–Trinajstić information content (AvgIpc) is 1.63. The first-order valence-corrected chi connectivity index (χ1v) is 3.09. The first-order chi connectivity index (χ1) is 4.16. The minimum Gasteiger partial charge on any atom is -0.831 e. The maximum absolute atomic E-state index is 10.3. The van der Waals surface area contributed by atoms with Gasteiger partial charge in [0.05, 0.1) is 0 Å². The average molecular weight is 172 g/mol. The number of hydrogen-bond acceptors (Lipinski definition) is 3. The zero-order valence-electron chi connectivity index (χ0n) is 7.09. The van der Waals surface area contributed by atoms with Gasteiger partial charge in [0.2, 0.25) is 0 Å². The summed E-state index contributed by atoms with van der Waals surface area (Å²) in [4.78, 5) is 0. The van der Waals surface area contributed by atoms with Crippen LogP contribution in [0.3, 0.4) is 0 Å². The van der Waals surface area contributed by atoms with Gasteiger partial charge in [0.25, 0.3) is 0 Å². The molecule has 56 valence electrons. The summed E-state index contributed by atoms with van der Waals surface area (Å²) in [7, 11) is 0. The van der Waals surface area contributed by atoms with Crippen LogP contribution in [0, 0.1) is 0 Å². The van der Waals surface area contributed by atoms with Crippen LogP contribution in [-0.2, 0) is 9.47 Å². The van der Waals surface area contributed by atoms with Gasteiger partial charge in [-0.2, -0.15) is 0 Å². The molecular weight excluding hydrogens is 159 g/mol. The molecule has 0 saturated carbocycles. The molecule has 0 aromatic carbocycles. The monoisotopic (exact) mass is 172 g/mol. The molecule has 0 aliphatic carbocycles. The molecule has 0 fully saturated rings. The molecule has 0 saturated heterocycles. The second kappa shape index (κ2) is 8.61. The molecule has 0 aromatic rings. The zero-order valence-corrected chi connectivity index (χ0v) is 10.2. The van der Waals surface area contributed by atoms with Crippen LogP contribution in [0.1, 0.15) is 20.8 Å². The van der Waals surface area contributed by atoms with Crippen molar-refractivity contribution in [3.8, 4) is 0 Å². The van der Waals surface area contributed by atoms with Crippen molar-refractivity contribution in [1.29, 1.82) is 0 Å². The predicted octanol–water partition coefficient (Wildman–Crippen LogP) is -2.90. The first-order valence-electron chi connectivity index (χ1n) is 3.09. The summed E-state index contributed by atoms with van der Waals surface area (Å²) in [6, 6.07) is 0. The maximum atomic E-state index is 10.3. The second-order valence-electron chi connectivity index (χ2n) is 1.73. The second-order valence-corrected chi connectivity index (χ2v) is 1.73. The van der Waals surface area contributed by atoms with Gasteiger partial charge in [-0.1, -0.05) is 6.92 Å². The molecule has 0 bridgehead atoms. The number of rotatable bonds is 4. The van der Waals surface area contributed by atoms with Crippen molar-refractivity contribution in [2.45, 2.75) is 33.4 Å². The van der Waals surface area contributed by atoms with Gasteiger partial charge in [-0.05, 0) is 20.1 Å². The van der Waals surface area contributed by atoms with Crippen LogP contribution in [0.25, 0.3) is 0 Å². The fourth-order valence-corrected chi connectivity index (χ4v) is 0.544. The van der Waals surface area contributed by atoms with Gasteiger partial charge in [-0.15, -0.1) is 0 Å². The Kier molecular flexibility index (Phi) is 12.1. The summed E-state index contributed by atoms with van der Waals surface area (Å²) in [6.45, 7) is 5.58. The van der Waals surface area contributed by atoms with E-state index in [9.17, 15) is 5.11 Å². The minimum atomic E-state index is -0.994. The molecule has 4 heteroatoms. The third-order valence-corrected chi connectivity index (χ3v) is 0.785. The van der Waals surface area contributed by atoms with E-state index >= 15 is 0 Å².